The highest BCUT2D eigenvalue weighted by molar-refractivity contribution is 7.93. The molecule has 1 fully saturated rings. The molecule has 0 atom stereocenters. The standard InChI is InChI=1S/C8H13N2O6PS2/c9-14-15-16-19-6-8-10-7(5-18-8)4-17(11)12-2-1-3-13-17/h5H,1-4,6,9H2. The first kappa shape index (κ1) is 15.4. The van der Waals surface area contributed by atoms with Crippen LogP contribution in [0.3, 0.4) is 0 Å². The zero-order valence-corrected chi connectivity index (χ0v) is 12.4. The lowest BCUT2D eigenvalue weighted by atomic mass is 10.5. The topological polar surface area (TPSA) is 102 Å². The number of hydrogen-bond acceptors (Lipinski definition) is 10. The Kier molecular flexibility index (Phi) is 6.20. The molecule has 1 aromatic rings. The molecule has 1 aliphatic rings. The van der Waals surface area contributed by atoms with Crippen molar-refractivity contribution in [2.24, 2.45) is 5.90 Å². The van der Waals surface area contributed by atoms with Crippen molar-refractivity contribution in [2.75, 3.05) is 13.2 Å². The summed E-state index contributed by atoms with van der Waals surface area (Å²) in [5.41, 5.74) is 0.682. The summed E-state index contributed by atoms with van der Waals surface area (Å²) in [6.07, 6.45) is 0.959. The molecule has 11 heteroatoms. The van der Waals surface area contributed by atoms with Gasteiger partial charge in [-0.1, -0.05) is 0 Å². The van der Waals surface area contributed by atoms with E-state index in [2.05, 4.69) is 25.2 Å². The molecule has 0 aromatic carbocycles. The molecule has 1 saturated heterocycles. The maximum Gasteiger partial charge on any atom is 0.336 e. The lowest BCUT2D eigenvalue weighted by Gasteiger charge is -2.22. The van der Waals surface area contributed by atoms with E-state index < -0.39 is 7.60 Å². The Hall–Kier alpha value is -0.0300. The van der Waals surface area contributed by atoms with Crippen LogP contribution < -0.4 is 5.90 Å². The average Bonchev–Trinajstić information content (AvgIpc) is 2.82. The molecular formula is C8H13N2O6PS2. The van der Waals surface area contributed by atoms with Crippen LogP contribution in [0, 0.1) is 0 Å². The minimum absolute atomic E-state index is 0.192. The summed E-state index contributed by atoms with van der Waals surface area (Å²) in [5.74, 6) is 5.06. The molecule has 0 bridgehead atoms. The Morgan fingerprint density at radius 3 is 3.05 bits per heavy atom. The molecule has 1 aliphatic heterocycles. The summed E-state index contributed by atoms with van der Waals surface area (Å²) in [6.45, 7) is 0.933. The van der Waals surface area contributed by atoms with Crippen molar-refractivity contribution in [3.8, 4) is 0 Å². The van der Waals surface area contributed by atoms with Gasteiger partial charge in [0.15, 0.2) is 0 Å². The SMILES string of the molecule is NOOOSCc1nc(CP2(=O)OCCCO2)cs1. The van der Waals surface area contributed by atoms with Gasteiger partial charge in [-0.05, 0) is 11.5 Å². The van der Waals surface area contributed by atoms with Gasteiger partial charge in [-0.25, -0.2) is 4.98 Å². The Labute approximate surface area is 118 Å². The molecule has 1 aromatic heterocycles. The highest BCUT2D eigenvalue weighted by atomic mass is 32.2. The van der Waals surface area contributed by atoms with Crippen molar-refractivity contribution >= 4 is 31.0 Å². The molecule has 0 saturated carbocycles. The smallest absolute Gasteiger partial charge is 0.308 e. The largest absolute Gasteiger partial charge is 0.336 e. The van der Waals surface area contributed by atoms with Crippen LogP contribution in [0.1, 0.15) is 17.1 Å². The fraction of sp³-hybridized carbons (Fsp3) is 0.625. The lowest BCUT2D eigenvalue weighted by Crippen LogP contribution is -2.09. The van der Waals surface area contributed by atoms with Crippen molar-refractivity contribution in [1.29, 1.82) is 0 Å². The summed E-state index contributed by atoms with van der Waals surface area (Å²) in [6, 6.07) is 0. The average molecular weight is 328 g/mol. The lowest BCUT2D eigenvalue weighted by molar-refractivity contribution is -0.464. The van der Waals surface area contributed by atoms with Gasteiger partial charge in [-0.15, -0.1) is 20.7 Å². The van der Waals surface area contributed by atoms with Gasteiger partial charge < -0.3 is 9.05 Å². The molecule has 2 N–H and O–H groups in total. The molecule has 0 spiro atoms. The summed E-state index contributed by atoms with van der Waals surface area (Å²) in [5, 5.41) is 6.64. The van der Waals surface area contributed by atoms with Gasteiger partial charge >= 0.3 is 7.60 Å². The maximum atomic E-state index is 12.2. The van der Waals surface area contributed by atoms with Gasteiger partial charge in [0.1, 0.15) is 5.01 Å². The highest BCUT2D eigenvalue weighted by Gasteiger charge is 2.29. The first-order valence-electron chi connectivity index (χ1n) is 5.35. The number of nitrogens with two attached hydrogens (primary N) is 1. The van der Waals surface area contributed by atoms with Crippen LogP contribution in [-0.2, 0) is 39.9 Å². The molecule has 2 heterocycles. The van der Waals surface area contributed by atoms with Crippen molar-refractivity contribution in [1.82, 2.24) is 4.98 Å². The monoisotopic (exact) mass is 328 g/mol. The predicted molar refractivity (Wildman–Crippen MR) is 68.7 cm³/mol. The van der Waals surface area contributed by atoms with E-state index in [1.54, 1.807) is 0 Å². The van der Waals surface area contributed by atoms with Crippen molar-refractivity contribution in [3.05, 3.63) is 16.1 Å². The summed E-state index contributed by atoms with van der Waals surface area (Å²) in [4.78, 5) is 8.07. The molecule has 0 unspecified atom stereocenters. The van der Waals surface area contributed by atoms with Crippen molar-refractivity contribution in [2.45, 2.75) is 18.3 Å². The van der Waals surface area contributed by atoms with E-state index in [4.69, 9.17) is 9.05 Å². The Balaban J connectivity index is 1.81. The van der Waals surface area contributed by atoms with Crippen molar-refractivity contribution in [3.63, 3.8) is 0 Å². The molecule has 19 heavy (non-hydrogen) atoms. The van der Waals surface area contributed by atoms with Gasteiger partial charge in [-0.2, -0.15) is 5.90 Å². The fourth-order valence-electron chi connectivity index (χ4n) is 1.39. The van der Waals surface area contributed by atoms with Crippen LogP contribution in [0.4, 0.5) is 0 Å². The predicted octanol–water partition coefficient (Wildman–Crippen LogP) is 2.17. The second kappa shape index (κ2) is 7.67. The van der Waals surface area contributed by atoms with E-state index in [1.807, 2.05) is 5.38 Å². The van der Waals surface area contributed by atoms with Gasteiger partial charge in [0, 0.05) is 17.4 Å². The Bertz CT molecular complexity index is 435. The molecule has 108 valence electrons. The summed E-state index contributed by atoms with van der Waals surface area (Å²) in [7, 11) is -3.01. The zero-order valence-electron chi connectivity index (χ0n) is 9.85. The van der Waals surface area contributed by atoms with Gasteiger partial charge in [0.05, 0.1) is 30.8 Å². The van der Waals surface area contributed by atoms with E-state index in [0.717, 1.165) is 23.5 Å². The number of nitrogens with zero attached hydrogens (tertiary/aromatic N) is 1. The first-order chi connectivity index (χ1) is 9.22. The normalized spacial score (nSPS) is 18.6. The third kappa shape index (κ3) is 5.10. The first-order valence-corrected chi connectivity index (χ1v) is 8.87. The molecule has 0 aliphatic carbocycles. The van der Waals surface area contributed by atoms with E-state index in [-0.39, 0.29) is 6.16 Å². The quantitative estimate of drug-likeness (QED) is 0.265. The van der Waals surface area contributed by atoms with E-state index in [0.29, 0.717) is 24.7 Å². The number of aromatic nitrogens is 1. The van der Waals surface area contributed by atoms with Crippen LogP contribution in [0.15, 0.2) is 5.38 Å². The third-order valence-corrected chi connectivity index (χ3v) is 5.60. The van der Waals surface area contributed by atoms with Crippen molar-refractivity contribution < 1.29 is 28.0 Å². The number of hydrogen-bond donors (Lipinski definition) is 1. The van der Waals surface area contributed by atoms with Crippen LogP contribution in [0.2, 0.25) is 0 Å². The Morgan fingerprint density at radius 2 is 2.32 bits per heavy atom. The van der Waals surface area contributed by atoms with Crippen LogP contribution in [0.25, 0.3) is 0 Å². The molecule has 0 radical (unpaired) electrons. The van der Waals surface area contributed by atoms with E-state index in [1.165, 1.54) is 11.3 Å². The maximum absolute atomic E-state index is 12.2. The highest BCUT2D eigenvalue weighted by Crippen LogP contribution is 2.53. The van der Waals surface area contributed by atoms with Gasteiger partial charge in [0.25, 0.3) is 0 Å². The molecule has 2 rings (SSSR count). The van der Waals surface area contributed by atoms with Crippen LogP contribution in [0.5, 0.6) is 0 Å². The minimum Gasteiger partial charge on any atom is -0.308 e. The molecular weight excluding hydrogens is 315 g/mol. The summed E-state index contributed by atoms with van der Waals surface area (Å²) < 4.78 is 27.1. The van der Waals surface area contributed by atoms with Crippen LogP contribution in [-0.4, -0.2) is 18.2 Å². The molecule has 0 amide bonds. The number of thiazole rings is 1. The van der Waals surface area contributed by atoms with Gasteiger partial charge in [-0.3, -0.25) is 4.57 Å². The third-order valence-electron chi connectivity index (χ3n) is 2.12. The van der Waals surface area contributed by atoms with Crippen LogP contribution >= 0.6 is 31.0 Å². The summed E-state index contributed by atoms with van der Waals surface area (Å²) >= 11 is 2.40. The van der Waals surface area contributed by atoms with E-state index in [9.17, 15) is 4.57 Å². The number of rotatable bonds is 7. The Morgan fingerprint density at radius 1 is 1.53 bits per heavy atom. The van der Waals surface area contributed by atoms with E-state index >= 15 is 0 Å². The zero-order chi connectivity index (χ0) is 13.6. The second-order valence-corrected chi connectivity index (χ2v) is 7.17. The molecule has 8 nitrogen and oxygen atoms in total. The minimum atomic E-state index is -3.01. The van der Waals surface area contributed by atoms with Gasteiger partial charge in [0.2, 0.25) is 0 Å². The fourth-order valence-corrected chi connectivity index (χ4v) is 4.42. The second-order valence-electron chi connectivity index (χ2n) is 3.52.